The molecule has 0 bridgehead atoms. The van der Waals surface area contributed by atoms with E-state index >= 15 is 0 Å². The van der Waals surface area contributed by atoms with E-state index < -0.39 is 6.10 Å². The summed E-state index contributed by atoms with van der Waals surface area (Å²) in [7, 11) is 2.05. The van der Waals surface area contributed by atoms with Crippen molar-refractivity contribution in [3.8, 4) is 0 Å². The molecular formula is C13H20ClNOS. The van der Waals surface area contributed by atoms with Gasteiger partial charge in [-0.05, 0) is 37.8 Å². The minimum Gasteiger partial charge on any atom is -0.389 e. The summed E-state index contributed by atoms with van der Waals surface area (Å²) in [6.07, 6.45) is 1.62. The van der Waals surface area contributed by atoms with Crippen molar-refractivity contribution in [1.29, 1.82) is 0 Å². The molecule has 4 heteroatoms. The Balaban J connectivity index is 2.91. The average molecular weight is 274 g/mol. The quantitative estimate of drug-likeness (QED) is 0.887. The van der Waals surface area contributed by atoms with Crippen LogP contribution in [-0.2, 0) is 0 Å². The lowest BCUT2D eigenvalue weighted by atomic mass is 10.1. The number of thioether (sulfide) groups is 1. The van der Waals surface area contributed by atoms with E-state index in [4.69, 9.17) is 11.6 Å². The zero-order chi connectivity index (χ0) is 13.0. The molecule has 0 aliphatic rings. The number of nitrogens with zero attached hydrogens (tertiary/aromatic N) is 1. The summed E-state index contributed by atoms with van der Waals surface area (Å²) in [6.45, 7) is 3.92. The number of aliphatic hydroxyl groups excluding tert-OH is 1. The third-order valence-corrected chi connectivity index (χ3v) is 4.02. The topological polar surface area (TPSA) is 23.5 Å². The van der Waals surface area contributed by atoms with Crippen molar-refractivity contribution in [1.82, 2.24) is 0 Å². The molecule has 0 heterocycles. The Kier molecular flexibility index (Phi) is 5.63. The van der Waals surface area contributed by atoms with E-state index in [9.17, 15) is 5.11 Å². The number of aliphatic hydroxyl groups is 1. The zero-order valence-electron chi connectivity index (χ0n) is 10.8. The van der Waals surface area contributed by atoms with Crippen LogP contribution in [0.25, 0.3) is 0 Å². The number of rotatable bonds is 5. The van der Waals surface area contributed by atoms with Gasteiger partial charge < -0.3 is 10.0 Å². The van der Waals surface area contributed by atoms with Crippen molar-refractivity contribution in [2.45, 2.75) is 26.0 Å². The Morgan fingerprint density at radius 2 is 2.06 bits per heavy atom. The van der Waals surface area contributed by atoms with Gasteiger partial charge in [-0.1, -0.05) is 17.7 Å². The highest BCUT2D eigenvalue weighted by molar-refractivity contribution is 7.98. The Hall–Kier alpha value is -0.380. The average Bonchev–Trinajstić information content (AvgIpc) is 2.28. The minimum atomic E-state index is -0.476. The third-order valence-electron chi connectivity index (χ3n) is 2.90. The molecule has 0 aliphatic heterocycles. The molecule has 17 heavy (non-hydrogen) atoms. The second-order valence-electron chi connectivity index (χ2n) is 4.30. The molecule has 0 saturated heterocycles. The summed E-state index contributed by atoms with van der Waals surface area (Å²) in [5.74, 6) is 1.06. The molecule has 0 saturated carbocycles. The van der Waals surface area contributed by atoms with Crippen molar-refractivity contribution >= 4 is 29.1 Å². The second kappa shape index (κ2) is 6.53. The highest BCUT2D eigenvalue weighted by Gasteiger charge is 2.13. The number of anilines is 1. The van der Waals surface area contributed by atoms with Gasteiger partial charge in [-0.25, -0.2) is 0 Å². The molecular weight excluding hydrogens is 254 g/mol. The molecule has 96 valence electrons. The van der Waals surface area contributed by atoms with Crippen LogP contribution in [0.4, 0.5) is 5.69 Å². The van der Waals surface area contributed by atoms with Crippen LogP contribution in [0.2, 0.25) is 5.02 Å². The van der Waals surface area contributed by atoms with E-state index in [1.54, 1.807) is 6.92 Å². The van der Waals surface area contributed by atoms with Crippen molar-refractivity contribution in [2.75, 3.05) is 24.0 Å². The largest absolute Gasteiger partial charge is 0.389 e. The van der Waals surface area contributed by atoms with Crippen LogP contribution in [0.5, 0.6) is 0 Å². The monoisotopic (exact) mass is 273 g/mol. The van der Waals surface area contributed by atoms with Crippen molar-refractivity contribution in [3.05, 3.63) is 28.8 Å². The molecule has 0 fully saturated rings. The summed E-state index contributed by atoms with van der Waals surface area (Å²) in [5.41, 5.74) is 1.86. The first-order valence-electron chi connectivity index (χ1n) is 5.66. The molecule has 0 spiro atoms. The Bertz CT molecular complexity index is 370. The number of benzene rings is 1. The first-order chi connectivity index (χ1) is 7.97. The Labute approximate surface area is 113 Å². The number of hydrogen-bond acceptors (Lipinski definition) is 3. The maximum Gasteiger partial charge on any atom is 0.0762 e. The van der Waals surface area contributed by atoms with E-state index in [0.717, 1.165) is 17.0 Å². The molecule has 0 aliphatic carbocycles. The van der Waals surface area contributed by atoms with E-state index in [1.165, 1.54) is 0 Å². The maximum atomic E-state index is 9.50. The normalized spacial score (nSPS) is 14.5. The van der Waals surface area contributed by atoms with Crippen LogP contribution >= 0.6 is 23.4 Å². The van der Waals surface area contributed by atoms with Gasteiger partial charge in [-0.15, -0.1) is 0 Å². The SMILES string of the molecule is CSCC(C)N(C)c1ccc([C@H](C)O)cc1Cl. The summed E-state index contributed by atoms with van der Waals surface area (Å²) < 4.78 is 0. The number of hydrogen-bond donors (Lipinski definition) is 1. The van der Waals surface area contributed by atoms with Gasteiger partial charge in [0, 0.05) is 18.8 Å². The molecule has 2 nitrogen and oxygen atoms in total. The molecule has 0 aromatic heterocycles. The molecule has 0 amide bonds. The zero-order valence-corrected chi connectivity index (χ0v) is 12.3. The fourth-order valence-corrected chi connectivity index (χ4v) is 2.69. The Morgan fingerprint density at radius 3 is 2.53 bits per heavy atom. The van der Waals surface area contributed by atoms with Crippen LogP contribution in [0, 0.1) is 0 Å². The van der Waals surface area contributed by atoms with Gasteiger partial charge in [0.1, 0.15) is 0 Å². The van der Waals surface area contributed by atoms with Gasteiger partial charge in [-0.2, -0.15) is 11.8 Å². The minimum absolute atomic E-state index is 0.430. The van der Waals surface area contributed by atoms with Crippen LogP contribution < -0.4 is 4.90 Å². The van der Waals surface area contributed by atoms with E-state index in [2.05, 4.69) is 18.1 Å². The predicted molar refractivity (Wildman–Crippen MR) is 78.3 cm³/mol. The molecule has 1 unspecified atom stereocenters. The molecule has 1 aromatic rings. The van der Waals surface area contributed by atoms with E-state index in [1.807, 2.05) is 37.0 Å². The van der Waals surface area contributed by atoms with Crippen LogP contribution in [-0.4, -0.2) is 30.2 Å². The van der Waals surface area contributed by atoms with Gasteiger partial charge in [0.2, 0.25) is 0 Å². The van der Waals surface area contributed by atoms with Gasteiger partial charge in [-0.3, -0.25) is 0 Å². The summed E-state index contributed by atoms with van der Waals surface area (Å²) >= 11 is 8.07. The summed E-state index contributed by atoms with van der Waals surface area (Å²) in [6, 6.07) is 6.17. The predicted octanol–water partition coefficient (Wildman–Crippen LogP) is 3.58. The standard InChI is InChI=1S/C13H20ClNOS/c1-9(8-17-4)15(3)13-6-5-11(10(2)16)7-12(13)14/h5-7,9-10,16H,8H2,1-4H3/t9?,10-/m0/s1. The lowest BCUT2D eigenvalue weighted by Crippen LogP contribution is -2.31. The van der Waals surface area contributed by atoms with Crippen molar-refractivity contribution in [2.24, 2.45) is 0 Å². The first kappa shape index (κ1) is 14.7. The highest BCUT2D eigenvalue weighted by atomic mass is 35.5. The fourth-order valence-electron chi connectivity index (χ4n) is 1.66. The Morgan fingerprint density at radius 1 is 1.41 bits per heavy atom. The van der Waals surface area contributed by atoms with Crippen molar-refractivity contribution in [3.63, 3.8) is 0 Å². The van der Waals surface area contributed by atoms with Crippen LogP contribution in [0.15, 0.2) is 18.2 Å². The highest BCUT2D eigenvalue weighted by Crippen LogP contribution is 2.29. The lowest BCUT2D eigenvalue weighted by Gasteiger charge is -2.27. The molecule has 1 rings (SSSR count). The molecule has 1 aromatic carbocycles. The van der Waals surface area contributed by atoms with Gasteiger partial charge in [0.15, 0.2) is 0 Å². The van der Waals surface area contributed by atoms with E-state index in [-0.39, 0.29) is 0 Å². The molecule has 2 atom stereocenters. The van der Waals surface area contributed by atoms with Crippen molar-refractivity contribution < 1.29 is 5.11 Å². The third kappa shape index (κ3) is 3.80. The summed E-state index contributed by atoms with van der Waals surface area (Å²) in [4.78, 5) is 2.17. The number of halogens is 1. The second-order valence-corrected chi connectivity index (χ2v) is 5.62. The van der Waals surface area contributed by atoms with Gasteiger partial charge in [0.05, 0.1) is 16.8 Å². The molecule has 1 N–H and O–H groups in total. The first-order valence-corrected chi connectivity index (χ1v) is 7.43. The maximum absolute atomic E-state index is 9.50. The van der Waals surface area contributed by atoms with Gasteiger partial charge in [0.25, 0.3) is 0 Å². The van der Waals surface area contributed by atoms with Crippen LogP contribution in [0.3, 0.4) is 0 Å². The fraction of sp³-hybridized carbons (Fsp3) is 0.538. The van der Waals surface area contributed by atoms with Crippen LogP contribution in [0.1, 0.15) is 25.5 Å². The summed E-state index contributed by atoms with van der Waals surface area (Å²) in [5, 5.41) is 10.2. The smallest absolute Gasteiger partial charge is 0.0762 e. The molecule has 0 radical (unpaired) electrons. The van der Waals surface area contributed by atoms with Gasteiger partial charge >= 0.3 is 0 Å². The van der Waals surface area contributed by atoms with E-state index in [0.29, 0.717) is 11.1 Å². The lowest BCUT2D eigenvalue weighted by molar-refractivity contribution is 0.199.